The van der Waals surface area contributed by atoms with E-state index in [1.807, 2.05) is 28.7 Å². The lowest BCUT2D eigenvalue weighted by atomic mass is 10.2. The van der Waals surface area contributed by atoms with E-state index in [2.05, 4.69) is 9.97 Å². The molecule has 0 aliphatic carbocycles. The van der Waals surface area contributed by atoms with E-state index in [0.717, 1.165) is 0 Å². The third-order valence-electron chi connectivity index (χ3n) is 2.11. The molecule has 0 spiro atoms. The molecule has 1 aromatic carbocycles. The molecule has 90 valence electrons. The molecule has 0 amide bonds. The second-order valence-corrected chi connectivity index (χ2v) is 4.40. The fourth-order valence-corrected chi connectivity index (χ4v) is 1.66. The highest BCUT2D eigenvalue weighted by atomic mass is 127. The molecule has 6 nitrogen and oxygen atoms in total. The van der Waals surface area contributed by atoms with Gasteiger partial charge in [-0.3, -0.25) is 4.79 Å². The molecule has 0 aliphatic rings. The Labute approximate surface area is 116 Å². The average Bonchev–Trinajstić information content (AvgIpc) is 2.37. The van der Waals surface area contributed by atoms with Gasteiger partial charge in [-0.1, -0.05) is 0 Å². The molecule has 1 heterocycles. The lowest BCUT2D eigenvalue weighted by Crippen LogP contribution is -2.11. The number of rotatable bonds is 2. The average molecular weight is 354 g/mol. The van der Waals surface area contributed by atoms with Crippen molar-refractivity contribution in [1.29, 1.82) is 5.26 Å². The highest BCUT2D eigenvalue weighted by Gasteiger charge is 2.10. The maximum Gasteiger partial charge on any atom is 0.268 e. The van der Waals surface area contributed by atoms with Crippen molar-refractivity contribution in [3.05, 3.63) is 44.0 Å². The molecular formula is C11H7IN4O2. The Hall–Kier alpha value is -2.08. The molecule has 0 bridgehead atoms. The van der Waals surface area contributed by atoms with Gasteiger partial charge in [0.25, 0.3) is 5.56 Å². The number of ether oxygens (including phenoxy) is 1. The maximum absolute atomic E-state index is 11.4. The fraction of sp³-hybridized carbons (Fsp3) is 0. The molecule has 7 heteroatoms. The van der Waals surface area contributed by atoms with Crippen LogP contribution in [0.2, 0.25) is 0 Å². The summed E-state index contributed by atoms with van der Waals surface area (Å²) < 4.78 is 5.78. The zero-order valence-corrected chi connectivity index (χ0v) is 11.1. The largest absolute Gasteiger partial charge is 0.435 e. The van der Waals surface area contributed by atoms with Crippen LogP contribution in [0.3, 0.4) is 0 Å². The van der Waals surface area contributed by atoms with E-state index in [1.54, 1.807) is 12.1 Å². The first-order valence-electron chi connectivity index (χ1n) is 4.82. The van der Waals surface area contributed by atoms with Crippen LogP contribution in [0.5, 0.6) is 11.6 Å². The third-order valence-corrected chi connectivity index (χ3v) is 3.06. The van der Waals surface area contributed by atoms with Crippen molar-refractivity contribution in [3.8, 4) is 17.7 Å². The molecule has 2 aromatic rings. The zero-order chi connectivity index (χ0) is 13.1. The molecular weight excluding hydrogens is 347 g/mol. The number of H-pyrrole nitrogens is 1. The van der Waals surface area contributed by atoms with Gasteiger partial charge in [-0.25, -0.2) is 4.98 Å². The van der Waals surface area contributed by atoms with Crippen LogP contribution in [-0.2, 0) is 0 Å². The van der Waals surface area contributed by atoms with Gasteiger partial charge in [0.1, 0.15) is 3.57 Å². The van der Waals surface area contributed by atoms with Crippen LogP contribution < -0.4 is 16.0 Å². The molecule has 18 heavy (non-hydrogen) atoms. The van der Waals surface area contributed by atoms with Crippen LogP contribution in [0.1, 0.15) is 5.56 Å². The van der Waals surface area contributed by atoms with Crippen LogP contribution in [-0.4, -0.2) is 9.97 Å². The van der Waals surface area contributed by atoms with Crippen molar-refractivity contribution < 1.29 is 4.74 Å². The number of aromatic amines is 1. The van der Waals surface area contributed by atoms with Gasteiger partial charge in [-0.15, -0.1) is 0 Å². The lowest BCUT2D eigenvalue weighted by molar-refractivity contribution is 0.458. The van der Waals surface area contributed by atoms with E-state index >= 15 is 0 Å². The van der Waals surface area contributed by atoms with E-state index in [0.29, 0.717) is 20.6 Å². The molecule has 1 aromatic heterocycles. The van der Waals surface area contributed by atoms with Gasteiger partial charge >= 0.3 is 0 Å². The second-order valence-electron chi connectivity index (χ2n) is 3.32. The minimum absolute atomic E-state index is 0.177. The molecule has 0 saturated carbocycles. The lowest BCUT2D eigenvalue weighted by Gasteiger charge is -2.08. The van der Waals surface area contributed by atoms with E-state index in [-0.39, 0.29) is 11.4 Å². The number of benzene rings is 1. The van der Waals surface area contributed by atoms with Crippen LogP contribution >= 0.6 is 22.6 Å². The molecule has 0 saturated heterocycles. The number of hydrogen-bond donors (Lipinski definition) is 2. The summed E-state index contributed by atoms with van der Waals surface area (Å²) in [6.07, 6.45) is 1.25. The van der Waals surface area contributed by atoms with E-state index in [9.17, 15) is 4.79 Å². The predicted molar refractivity (Wildman–Crippen MR) is 73.2 cm³/mol. The molecule has 0 aliphatic heterocycles. The third kappa shape index (κ3) is 2.43. The highest BCUT2D eigenvalue weighted by molar-refractivity contribution is 14.1. The summed E-state index contributed by atoms with van der Waals surface area (Å²) in [6.45, 7) is 0. The smallest absolute Gasteiger partial charge is 0.268 e. The number of nitrogens with two attached hydrogens (primary N) is 1. The number of nitrogens with one attached hydrogen (secondary N) is 1. The number of aromatic nitrogens is 2. The summed E-state index contributed by atoms with van der Waals surface area (Å²) in [7, 11) is 0. The predicted octanol–water partition coefficient (Wildman–Crippen LogP) is 1.62. The Morgan fingerprint density at radius 2 is 2.28 bits per heavy atom. The standard InChI is InChI=1S/C11H7IN4O2/c12-9-10(17)15-5-16-11(9)18-8-2-1-6(4-13)3-7(8)14/h1-3,5H,14H2,(H,15,16,17). The van der Waals surface area contributed by atoms with Gasteiger partial charge < -0.3 is 15.5 Å². The monoisotopic (exact) mass is 354 g/mol. The first-order valence-corrected chi connectivity index (χ1v) is 5.90. The van der Waals surface area contributed by atoms with Gasteiger partial charge in [0.2, 0.25) is 5.88 Å². The van der Waals surface area contributed by atoms with Gasteiger partial charge in [0.15, 0.2) is 5.75 Å². The van der Waals surface area contributed by atoms with Crippen molar-refractivity contribution in [3.63, 3.8) is 0 Å². The number of nitrogen functional groups attached to an aromatic ring is 1. The fourth-order valence-electron chi connectivity index (χ4n) is 1.25. The van der Waals surface area contributed by atoms with Crippen molar-refractivity contribution in [2.24, 2.45) is 0 Å². The Morgan fingerprint density at radius 1 is 1.50 bits per heavy atom. The zero-order valence-electron chi connectivity index (χ0n) is 8.98. The van der Waals surface area contributed by atoms with Crippen molar-refractivity contribution in [2.45, 2.75) is 0 Å². The van der Waals surface area contributed by atoms with Crippen LogP contribution in [0.25, 0.3) is 0 Å². The maximum atomic E-state index is 11.4. The summed E-state index contributed by atoms with van der Waals surface area (Å²) in [4.78, 5) is 17.7. The van der Waals surface area contributed by atoms with Gasteiger partial charge in [0, 0.05) is 0 Å². The van der Waals surface area contributed by atoms with Gasteiger partial charge in [0.05, 0.1) is 23.6 Å². The SMILES string of the molecule is N#Cc1ccc(Oc2nc[nH]c(=O)c2I)c(N)c1. The van der Waals surface area contributed by atoms with Crippen LogP contribution in [0, 0.1) is 14.9 Å². The number of halogens is 1. The quantitative estimate of drug-likeness (QED) is 0.630. The van der Waals surface area contributed by atoms with Gasteiger partial charge in [-0.2, -0.15) is 5.26 Å². The second kappa shape index (κ2) is 5.05. The summed E-state index contributed by atoms with van der Waals surface area (Å²) in [5, 5.41) is 8.72. The summed E-state index contributed by atoms with van der Waals surface area (Å²) in [6, 6.07) is 6.60. The van der Waals surface area contributed by atoms with E-state index in [1.165, 1.54) is 12.4 Å². The van der Waals surface area contributed by atoms with Crippen LogP contribution in [0.15, 0.2) is 29.3 Å². The van der Waals surface area contributed by atoms with Crippen molar-refractivity contribution in [2.75, 3.05) is 5.73 Å². The first kappa shape index (κ1) is 12.4. The minimum Gasteiger partial charge on any atom is -0.435 e. The molecule has 3 N–H and O–H groups in total. The Bertz CT molecular complexity index is 690. The number of hydrogen-bond acceptors (Lipinski definition) is 5. The summed E-state index contributed by atoms with van der Waals surface area (Å²) >= 11 is 1.83. The number of anilines is 1. The highest BCUT2D eigenvalue weighted by Crippen LogP contribution is 2.28. The molecule has 0 fully saturated rings. The van der Waals surface area contributed by atoms with E-state index in [4.69, 9.17) is 15.7 Å². The Morgan fingerprint density at radius 3 is 2.94 bits per heavy atom. The van der Waals surface area contributed by atoms with Crippen molar-refractivity contribution in [1.82, 2.24) is 9.97 Å². The summed E-state index contributed by atoms with van der Waals surface area (Å²) in [5.74, 6) is 0.528. The molecule has 2 rings (SSSR count). The Balaban J connectivity index is 2.38. The van der Waals surface area contributed by atoms with Crippen LogP contribution in [0.4, 0.5) is 5.69 Å². The number of nitriles is 1. The summed E-state index contributed by atoms with van der Waals surface area (Å²) in [5.41, 5.74) is 6.21. The minimum atomic E-state index is -0.284. The molecule has 0 atom stereocenters. The topological polar surface area (TPSA) is 105 Å². The first-order chi connectivity index (χ1) is 8.61. The Kier molecular flexibility index (Phi) is 3.47. The van der Waals surface area contributed by atoms with Crippen molar-refractivity contribution >= 4 is 28.3 Å². The molecule has 0 radical (unpaired) electrons. The normalized spacial score (nSPS) is 9.78. The molecule has 0 unspecified atom stereocenters. The van der Waals surface area contributed by atoms with Gasteiger partial charge in [-0.05, 0) is 40.8 Å². The number of nitrogens with zero attached hydrogens (tertiary/aromatic N) is 2. The van der Waals surface area contributed by atoms with E-state index < -0.39 is 0 Å².